The molecule has 0 unspecified atom stereocenters. The summed E-state index contributed by atoms with van der Waals surface area (Å²) in [4.78, 5) is 15.3. The molecule has 0 saturated heterocycles. The van der Waals surface area contributed by atoms with Crippen LogP contribution in [0.1, 0.15) is 12.5 Å². The van der Waals surface area contributed by atoms with Crippen LogP contribution in [0, 0.1) is 0 Å². The summed E-state index contributed by atoms with van der Waals surface area (Å²) in [6.07, 6.45) is -3.23. The zero-order chi connectivity index (χ0) is 20.1. The van der Waals surface area contributed by atoms with Gasteiger partial charge in [0.1, 0.15) is 5.69 Å². The van der Waals surface area contributed by atoms with Gasteiger partial charge < -0.3 is 10.1 Å². The van der Waals surface area contributed by atoms with Crippen molar-refractivity contribution in [2.24, 2.45) is 0 Å². The Hall–Kier alpha value is -2.66. The summed E-state index contributed by atoms with van der Waals surface area (Å²) in [5.41, 5.74) is -0.867. The second-order valence-electron chi connectivity index (χ2n) is 5.19. The fourth-order valence-corrected chi connectivity index (χ4v) is 3.04. The average Bonchev–Trinajstić information content (AvgIpc) is 2.61. The molecular weight excluding hydrogens is 387 g/mol. The van der Waals surface area contributed by atoms with Crippen LogP contribution >= 0.6 is 0 Å². The zero-order valence-electron chi connectivity index (χ0n) is 14.1. The highest BCUT2D eigenvalue weighted by Gasteiger charge is 2.31. The van der Waals surface area contributed by atoms with Crippen LogP contribution in [0.5, 0.6) is 5.88 Å². The Kier molecular flexibility index (Phi) is 6.39. The predicted molar refractivity (Wildman–Crippen MR) is 90.7 cm³/mol. The van der Waals surface area contributed by atoms with Crippen molar-refractivity contribution >= 4 is 21.6 Å². The van der Waals surface area contributed by atoms with Gasteiger partial charge in [-0.3, -0.25) is 4.79 Å². The molecule has 2 N–H and O–H groups in total. The van der Waals surface area contributed by atoms with Crippen molar-refractivity contribution in [3.05, 3.63) is 48.2 Å². The van der Waals surface area contributed by atoms with E-state index in [9.17, 15) is 26.4 Å². The molecule has 1 heterocycles. The van der Waals surface area contributed by atoms with Gasteiger partial charge in [0.2, 0.25) is 21.8 Å². The number of carbonyl (C=O) groups excluding carboxylic acids is 1. The molecule has 0 aliphatic heterocycles. The van der Waals surface area contributed by atoms with Crippen molar-refractivity contribution in [3.8, 4) is 5.88 Å². The van der Waals surface area contributed by atoms with Gasteiger partial charge >= 0.3 is 6.18 Å². The summed E-state index contributed by atoms with van der Waals surface area (Å²) < 4.78 is 69.6. The Bertz CT molecular complexity index is 917. The molecule has 11 heteroatoms. The van der Waals surface area contributed by atoms with Crippen molar-refractivity contribution < 1.29 is 31.1 Å². The van der Waals surface area contributed by atoms with Crippen LogP contribution in [0.15, 0.2) is 47.5 Å². The third-order valence-electron chi connectivity index (χ3n) is 3.22. The Morgan fingerprint density at radius 3 is 2.63 bits per heavy atom. The number of aromatic nitrogens is 1. The summed E-state index contributed by atoms with van der Waals surface area (Å²) in [6, 6.07) is 6.28. The van der Waals surface area contributed by atoms with E-state index in [-0.39, 0.29) is 11.6 Å². The van der Waals surface area contributed by atoms with Crippen molar-refractivity contribution in [2.45, 2.75) is 18.0 Å². The topological polar surface area (TPSA) is 97.4 Å². The van der Waals surface area contributed by atoms with E-state index in [1.54, 1.807) is 13.0 Å². The SMILES string of the molecule is CCOc1ncccc1NC(=O)CNS(=O)(=O)c1cccc(C(F)(F)F)c1. The van der Waals surface area contributed by atoms with E-state index in [4.69, 9.17) is 4.74 Å². The maximum Gasteiger partial charge on any atom is 0.416 e. The van der Waals surface area contributed by atoms with Crippen LogP contribution in [0.4, 0.5) is 18.9 Å². The molecule has 2 aromatic rings. The van der Waals surface area contributed by atoms with Crippen molar-refractivity contribution in [1.29, 1.82) is 0 Å². The van der Waals surface area contributed by atoms with Gasteiger partial charge in [-0.1, -0.05) is 6.07 Å². The second-order valence-corrected chi connectivity index (χ2v) is 6.95. The molecular formula is C16H16F3N3O4S. The highest BCUT2D eigenvalue weighted by atomic mass is 32.2. The van der Waals surface area contributed by atoms with Crippen molar-refractivity contribution in [1.82, 2.24) is 9.71 Å². The van der Waals surface area contributed by atoms with Crippen LogP contribution in [0.3, 0.4) is 0 Å². The summed E-state index contributed by atoms with van der Waals surface area (Å²) >= 11 is 0. The standard InChI is InChI=1S/C16H16F3N3O4S/c1-2-26-15-13(7-4-8-20-15)22-14(23)10-21-27(24,25)12-6-3-5-11(9-12)16(17,18)19/h3-9,21H,2,10H2,1H3,(H,22,23). The molecule has 0 spiro atoms. The number of alkyl halides is 3. The molecule has 2 rings (SSSR count). The highest BCUT2D eigenvalue weighted by Crippen LogP contribution is 2.30. The van der Waals surface area contributed by atoms with E-state index in [0.29, 0.717) is 12.7 Å². The Morgan fingerprint density at radius 1 is 1.22 bits per heavy atom. The minimum absolute atomic E-state index is 0.161. The first-order chi connectivity index (χ1) is 12.6. The number of nitrogens with one attached hydrogen (secondary N) is 2. The lowest BCUT2D eigenvalue weighted by molar-refractivity contribution is -0.137. The third kappa shape index (κ3) is 5.66. The smallest absolute Gasteiger partial charge is 0.416 e. The predicted octanol–water partition coefficient (Wildman–Crippen LogP) is 2.42. The molecule has 146 valence electrons. The number of sulfonamides is 1. The molecule has 0 bridgehead atoms. The van der Waals surface area contributed by atoms with Gasteiger partial charge in [-0.2, -0.15) is 13.2 Å². The summed E-state index contributed by atoms with van der Waals surface area (Å²) in [5, 5.41) is 2.42. The lowest BCUT2D eigenvalue weighted by Crippen LogP contribution is -2.33. The number of ether oxygens (including phenoxy) is 1. The first-order valence-electron chi connectivity index (χ1n) is 7.68. The normalized spacial score (nSPS) is 11.9. The Balaban J connectivity index is 2.06. The van der Waals surface area contributed by atoms with Gasteiger partial charge in [0, 0.05) is 6.20 Å². The van der Waals surface area contributed by atoms with Crippen LogP contribution < -0.4 is 14.8 Å². The first kappa shape index (κ1) is 20.6. The van der Waals surface area contributed by atoms with Crippen LogP contribution in [-0.4, -0.2) is 32.5 Å². The molecule has 1 aromatic heterocycles. The quantitative estimate of drug-likeness (QED) is 0.740. The number of hydrogen-bond acceptors (Lipinski definition) is 5. The van der Waals surface area contributed by atoms with Gasteiger partial charge in [0.15, 0.2) is 0 Å². The van der Waals surface area contributed by atoms with Gasteiger partial charge in [0.25, 0.3) is 0 Å². The molecule has 0 saturated carbocycles. The molecule has 27 heavy (non-hydrogen) atoms. The van der Waals surface area contributed by atoms with Gasteiger partial charge in [0.05, 0.1) is 23.6 Å². The maximum absolute atomic E-state index is 12.7. The summed E-state index contributed by atoms with van der Waals surface area (Å²) in [5.74, 6) is -0.575. The third-order valence-corrected chi connectivity index (χ3v) is 4.62. The molecule has 0 atom stereocenters. The molecule has 0 radical (unpaired) electrons. The number of nitrogens with zero attached hydrogens (tertiary/aromatic N) is 1. The zero-order valence-corrected chi connectivity index (χ0v) is 14.9. The number of halogens is 3. The fraction of sp³-hybridized carbons (Fsp3) is 0.250. The minimum atomic E-state index is -4.68. The van der Waals surface area contributed by atoms with E-state index >= 15 is 0 Å². The molecule has 0 fully saturated rings. The van der Waals surface area contributed by atoms with Crippen molar-refractivity contribution in [2.75, 3.05) is 18.5 Å². The highest BCUT2D eigenvalue weighted by molar-refractivity contribution is 7.89. The number of hydrogen-bond donors (Lipinski definition) is 2. The molecule has 1 amide bonds. The number of carbonyl (C=O) groups is 1. The monoisotopic (exact) mass is 403 g/mol. The first-order valence-corrected chi connectivity index (χ1v) is 9.16. The molecule has 0 aliphatic rings. The lowest BCUT2D eigenvalue weighted by atomic mass is 10.2. The second kappa shape index (κ2) is 8.35. The number of benzene rings is 1. The van der Waals surface area contributed by atoms with Gasteiger partial charge in [-0.15, -0.1) is 0 Å². The van der Waals surface area contributed by atoms with E-state index < -0.39 is 39.1 Å². The summed E-state index contributed by atoms with van der Waals surface area (Å²) in [6.45, 7) is 1.35. The number of rotatable bonds is 7. The Labute approximate surface area is 153 Å². The van der Waals surface area contributed by atoms with Crippen LogP contribution in [0.25, 0.3) is 0 Å². The largest absolute Gasteiger partial charge is 0.476 e. The maximum atomic E-state index is 12.7. The van der Waals surface area contributed by atoms with Crippen LogP contribution in [0.2, 0.25) is 0 Å². The van der Waals surface area contributed by atoms with Crippen molar-refractivity contribution in [3.63, 3.8) is 0 Å². The Morgan fingerprint density at radius 2 is 1.96 bits per heavy atom. The lowest BCUT2D eigenvalue weighted by Gasteiger charge is -2.12. The molecule has 0 aliphatic carbocycles. The van der Waals surface area contributed by atoms with E-state index in [1.165, 1.54) is 12.3 Å². The minimum Gasteiger partial charge on any atom is -0.476 e. The fourth-order valence-electron chi connectivity index (χ4n) is 2.02. The number of anilines is 1. The molecule has 1 aromatic carbocycles. The summed E-state index contributed by atoms with van der Waals surface area (Å²) in [7, 11) is -4.31. The van der Waals surface area contributed by atoms with E-state index in [1.807, 2.05) is 4.72 Å². The van der Waals surface area contributed by atoms with E-state index in [0.717, 1.165) is 18.2 Å². The van der Waals surface area contributed by atoms with Crippen LogP contribution in [-0.2, 0) is 21.0 Å². The molecule has 7 nitrogen and oxygen atoms in total. The van der Waals surface area contributed by atoms with Gasteiger partial charge in [-0.05, 0) is 37.3 Å². The van der Waals surface area contributed by atoms with E-state index in [2.05, 4.69) is 10.3 Å². The average molecular weight is 403 g/mol. The number of pyridine rings is 1. The number of amides is 1. The van der Waals surface area contributed by atoms with Gasteiger partial charge in [-0.25, -0.2) is 18.1 Å².